The lowest BCUT2D eigenvalue weighted by Crippen LogP contribution is -2.49. The van der Waals surface area contributed by atoms with E-state index in [1.54, 1.807) is 32.0 Å². The molecule has 1 aromatic carbocycles. The Hall–Kier alpha value is -2.87. The minimum Gasteiger partial charge on any atom is -0.463 e. The molecule has 210 valence electrons. The monoisotopic (exact) mass is 559 g/mol. The van der Waals surface area contributed by atoms with E-state index in [1.807, 2.05) is 0 Å². The van der Waals surface area contributed by atoms with Gasteiger partial charge >= 0.3 is 19.3 Å². The number of aliphatic hydroxyl groups excluding tert-OH is 1. The predicted octanol–water partition coefficient (Wildman–Crippen LogP) is 1.17. The fourth-order valence-corrected chi connectivity index (χ4v) is 5.88. The smallest absolute Gasteiger partial charge is 0.380 e. The molecule has 0 bridgehead atoms. The summed E-state index contributed by atoms with van der Waals surface area (Å²) >= 11 is 0. The van der Waals surface area contributed by atoms with Crippen LogP contribution in [-0.2, 0) is 23.4 Å². The number of para-hydroxylation sites is 1. The maximum atomic E-state index is 14.0. The first kappa shape index (κ1) is 29.7. The molecule has 15 heteroatoms. The summed E-state index contributed by atoms with van der Waals surface area (Å²) in [6, 6.07) is 7.97. The molecule has 1 fully saturated rings. The molecular formula is C23H31FN3O10P. The number of halogens is 1. The Balaban J connectivity index is 1.88. The number of esters is 1. The van der Waals surface area contributed by atoms with Gasteiger partial charge in [0.05, 0.1) is 30.5 Å². The number of hydrogen-bond acceptors (Lipinski definition) is 12. The van der Waals surface area contributed by atoms with Crippen molar-refractivity contribution in [2.75, 3.05) is 11.9 Å². The Morgan fingerprint density at radius 1 is 1.26 bits per heavy atom. The van der Waals surface area contributed by atoms with Gasteiger partial charge < -0.3 is 35.1 Å². The number of aromatic nitrogens is 2. The highest BCUT2D eigenvalue weighted by Crippen LogP contribution is 2.52. The Bertz CT molecular complexity index is 1240. The van der Waals surface area contributed by atoms with Crippen LogP contribution in [0.4, 0.5) is 10.2 Å². The molecule has 0 radical (unpaired) electrons. The van der Waals surface area contributed by atoms with Crippen molar-refractivity contribution in [3.63, 3.8) is 0 Å². The largest absolute Gasteiger partial charge is 0.463 e. The fraction of sp³-hybridized carbons (Fsp3) is 0.522. The lowest BCUT2D eigenvalue weighted by Gasteiger charge is -2.29. The molecule has 1 aromatic heterocycles. The highest BCUT2D eigenvalue weighted by atomic mass is 31.2. The van der Waals surface area contributed by atoms with E-state index in [0.717, 1.165) is 0 Å². The van der Waals surface area contributed by atoms with Crippen LogP contribution in [-0.4, -0.2) is 67.2 Å². The molecule has 2 aromatic rings. The van der Waals surface area contributed by atoms with Crippen molar-refractivity contribution in [3.8, 4) is 5.75 Å². The molecule has 2 heterocycles. The lowest BCUT2D eigenvalue weighted by atomic mass is 10.0. The molecule has 5 N–H and O–H groups in total. The van der Waals surface area contributed by atoms with Gasteiger partial charge in [-0.1, -0.05) is 25.1 Å². The molecule has 3 rings (SSSR count). The number of aliphatic hydroxyl groups is 3. The summed E-state index contributed by atoms with van der Waals surface area (Å²) < 4.78 is 50.2. The van der Waals surface area contributed by atoms with E-state index < -0.39 is 79.4 Å². The minimum absolute atomic E-state index is 0.159. The zero-order chi connectivity index (χ0) is 28.4. The van der Waals surface area contributed by atoms with Crippen LogP contribution in [0, 0.1) is 11.7 Å². The number of benzene rings is 1. The van der Waals surface area contributed by atoms with Gasteiger partial charge in [-0.05, 0) is 32.9 Å². The summed E-state index contributed by atoms with van der Waals surface area (Å²) in [6.45, 7) is 6.08. The van der Waals surface area contributed by atoms with E-state index in [-0.39, 0.29) is 5.75 Å². The lowest BCUT2D eigenvalue weighted by molar-refractivity contribution is -0.249. The standard InChI is InChI=1S/C23H31FN3O10P/c1-12(2)34-20(29)13(3)11-38(33,37-15-8-6-5-7-9-15)36-14(4)17-18(28)23(31,32)21(35-17)27-10-16(24)19(25)26-22(27)30/h5-10,12-14,17-18,21,28,31-32H,11H2,1-4H3,(H2,25,26,30)/t13-,14+,17-,18+,21-,38-/m1/s1. The number of hydrogen-bond donors (Lipinski definition) is 4. The van der Waals surface area contributed by atoms with Crippen LogP contribution in [0.3, 0.4) is 0 Å². The first-order valence-corrected chi connectivity index (χ1v) is 13.4. The Morgan fingerprint density at radius 3 is 2.50 bits per heavy atom. The van der Waals surface area contributed by atoms with Gasteiger partial charge in [-0.15, -0.1) is 0 Å². The normalized spacial score (nSPS) is 24.0. The third kappa shape index (κ3) is 6.57. The van der Waals surface area contributed by atoms with Crippen molar-refractivity contribution in [3.05, 3.63) is 52.8 Å². The summed E-state index contributed by atoms with van der Waals surface area (Å²) in [5.74, 6) is -6.40. The van der Waals surface area contributed by atoms with Crippen molar-refractivity contribution >= 4 is 19.4 Å². The van der Waals surface area contributed by atoms with Crippen molar-refractivity contribution in [1.82, 2.24) is 9.55 Å². The van der Waals surface area contributed by atoms with Crippen molar-refractivity contribution in [1.29, 1.82) is 0 Å². The zero-order valence-corrected chi connectivity index (χ0v) is 22.0. The number of anilines is 1. The number of carbonyl (C=O) groups excluding carboxylic acids is 1. The number of nitrogens with two attached hydrogens (primary N) is 1. The van der Waals surface area contributed by atoms with Gasteiger partial charge in [-0.2, -0.15) is 4.98 Å². The zero-order valence-electron chi connectivity index (χ0n) is 21.1. The van der Waals surface area contributed by atoms with Crippen LogP contribution in [0.2, 0.25) is 0 Å². The Kier molecular flexibility index (Phi) is 8.97. The molecule has 0 amide bonds. The molecule has 0 aliphatic carbocycles. The SMILES string of the molecule is CC(C)OC(=O)[C@H](C)C[P@](=O)(Oc1ccccc1)O[C@@H](C)[C@H]1O[C@@H](n2cc(F)c(N)nc2=O)C(O)(O)[C@H]1O. The number of ether oxygens (including phenoxy) is 2. The Morgan fingerprint density at radius 2 is 1.89 bits per heavy atom. The summed E-state index contributed by atoms with van der Waals surface area (Å²) in [6.07, 6.45) is -7.42. The van der Waals surface area contributed by atoms with Gasteiger partial charge in [-0.3, -0.25) is 13.9 Å². The summed E-state index contributed by atoms with van der Waals surface area (Å²) in [5, 5.41) is 31.7. The third-order valence-corrected chi connectivity index (χ3v) is 7.75. The topological polar surface area (TPSA) is 193 Å². The molecule has 1 saturated heterocycles. The second kappa shape index (κ2) is 11.5. The van der Waals surface area contributed by atoms with E-state index in [2.05, 4.69) is 4.98 Å². The van der Waals surface area contributed by atoms with Gasteiger partial charge in [0, 0.05) is 0 Å². The highest BCUT2D eigenvalue weighted by molar-refractivity contribution is 7.54. The molecular weight excluding hydrogens is 528 g/mol. The molecule has 13 nitrogen and oxygen atoms in total. The van der Waals surface area contributed by atoms with E-state index in [4.69, 9.17) is 24.3 Å². The third-order valence-electron chi connectivity index (χ3n) is 5.61. The number of nitrogens with zero attached hydrogens (tertiary/aromatic N) is 2. The Labute approximate surface area is 217 Å². The average Bonchev–Trinajstić information content (AvgIpc) is 3.05. The van der Waals surface area contributed by atoms with Crippen LogP contribution in [0.5, 0.6) is 5.75 Å². The summed E-state index contributed by atoms with van der Waals surface area (Å²) in [4.78, 5) is 27.8. The predicted molar refractivity (Wildman–Crippen MR) is 130 cm³/mol. The molecule has 1 aliphatic rings. The second-order valence-electron chi connectivity index (χ2n) is 9.24. The van der Waals surface area contributed by atoms with Gasteiger partial charge in [0.2, 0.25) is 5.79 Å². The van der Waals surface area contributed by atoms with Gasteiger partial charge in [-0.25, -0.2) is 13.8 Å². The first-order valence-electron chi connectivity index (χ1n) is 11.7. The maximum Gasteiger partial charge on any atom is 0.380 e. The van der Waals surface area contributed by atoms with Crippen molar-refractivity contribution in [2.24, 2.45) is 5.92 Å². The summed E-state index contributed by atoms with van der Waals surface area (Å²) in [5.41, 5.74) is 4.08. The van der Waals surface area contributed by atoms with Crippen molar-refractivity contribution in [2.45, 2.75) is 64.1 Å². The van der Waals surface area contributed by atoms with Gasteiger partial charge in [0.1, 0.15) is 18.0 Å². The molecule has 6 atom stereocenters. The minimum atomic E-state index is -4.20. The van der Waals surface area contributed by atoms with Gasteiger partial charge in [0.15, 0.2) is 17.9 Å². The molecule has 0 spiro atoms. The second-order valence-corrected chi connectivity index (χ2v) is 11.2. The van der Waals surface area contributed by atoms with Crippen LogP contribution in [0.1, 0.15) is 33.9 Å². The van der Waals surface area contributed by atoms with E-state index in [9.17, 15) is 33.9 Å². The highest BCUT2D eigenvalue weighted by Gasteiger charge is 2.58. The maximum absolute atomic E-state index is 14.0. The number of rotatable bonds is 10. The van der Waals surface area contributed by atoms with E-state index in [1.165, 1.54) is 26.0 Å². The first-order chi connectivity index (χ1) is 17.6. The molecule has 1 aliphatic heterocycles. The van der Waals surface area contributed by atoms with E-state index in [0.29, 0.717) is 10.8 Å². The van der Waals surface area contributed by atoms with Crippen LogP contribution < -0.4 is 15.9 Å². The molecule has 38 heavy (non-hydrogen) atoms. The van der Waals surface area contributed by atoms with E-state index >= 15 is 0 Å². The molecule has 0 unspecified atom stereocenters. The van der Waals surface area contributed by atoms with Crippen LogP contribution >= 0.6 is 7.60 Å². The van der Waals surface area contributed by atoms with Gasteiger partial charge in [0.25, 0.3) is 0 Å². The van der Waals surface area contributed by atoms with Crippen LogP contribution in [0.25, 0.3) is 0 Å². The van der Waals surface area contributed by atoms with Crippen molar-refractivity contribution < 1.29 is 47.6 Å². The van der Waals surface area contributed by atoms with Crippen LogP contribution in [0.15, 0.2) is 41.3 Å². The average molecular weight is 559 g/mol. The summed E-state index contributed by atoms with van der Waals surface area (Å²) in [7, 11) is -4.20. The molecule has 0 saturated carbocycles. The number of carbonyl (C=O) groups is 1. The fourth-order valence-electron chi connectivity index (χ4n) is 3.79. The quantitative estimate of drug-likeness (QED) is 0.185. The number of nitrogen functional groups attached to an aromatic ring is 1.